The van der Waals surface area contributed by atoms with Crippen LogP contribution in [0.15, 0.2) is 42.5 Å². The van der Waals surface area contributed by atoms with Crippen molar-refractivity contribution >= 4 is 52.4 Å². The van der Waals surface area contributed by atoms with Gasteiger partial charge in [0, 0.05) is 41.9 Å². The molecule has 0 radical (unpaired) electrons. The van der Waals surface area contributed by atoms with Gasteiger partial charge in [0.2, 0.25) is 11.8 Å². The number of carbonyl (C=O) groups excluding carboxylic acids is 4. The van der Waals surface area contributed by atoms with E-state index in [0.717, 1.165) is 5.56 Å². The second-order valence-electron chi connectivity index (χ2n) is 6.83. The number of hydrogen-bond acceptors (Lipinski definition) is 5. The van der Waals surface area contributed by atoms with Gasteiger partial charge in [-0.1, -0.05) is 17.7 Å². The summed E-state index contributed by atoms with van der Waals surface area (Å²) in [7, 11) is 0. The molecule has 0 aliphatic rings. The lowest BCUT2D eigenvalue weighted by molar-refractivity contribution is -0.147. The molecule has 3 N–H and O–H groups in total. The Morgan fingerprint density at radius 2 is 1.42 bits per heavy atom. The first-order chi connectivity index (χ1) is 14.7. The van der Waals surface area contributed by atoms with E-state index in [1.807, 2.05) is 6.92 Å². The number of carbonyl (C=O) groups is 4. The summed E-state index contributed by atoms with van der Waals surface area (Å²) in [6, 6.07) is 11.7. The van der Waals surface area contributed by atoms with Gasteiger partial charge in [0.25, 0.3) is 5.91 Å². The van der Waals surface area contributed by atoms with Crippen molar-refractivity contribution < 1.29 is 23.9 Å². The van der Waals surface area contributed by atoms with Crippen LogP contribution in [0, 0.1) is 6.92 Å². The number of halogens is 1. The number of benzene rings is 2. The van der Waals surface area contributed by atoms with E-state index >= 15 is 0 Å². The van der Waals surface area contributed by atoms with Gasteiger partial charge in [-0.05, 0) is 55.3 Å². The summed E-state index contributed by atoms with van der Waals surface area (Å²) in [4.78, 5) is 46.6. The van der Waals surface area contributed by atoms with Gasteiger partial charge in [0.15, 0.2) is 6.61 Å². The zero-order chi connectivity index (χ0) is 22.8. The van der Waals surface area contributed by atoms with Crippen LogP contribution in [-0.2, 0) is 23.9 Å². The van der Waals surface area contributed by atoms with Gasteiger partial charge in [-0.3, -0.25) is 19.2 Å². The largest absolute Gasteiger partial charge is 0.456 e. The molecule has 2 aromatic rings. The fourth-order valence-electron chi connectivity index (χ4n) is 2.54. The average molecular weight is 446 g/mol. The molecular weight excluding hydrogens is 422 g/mol. The quantitative estimate of drug-likeness (QED) is 0.506. The standard InChI is InChI=1S/C22H24ClN3O5/c1-14-6-7-18(12-19(14)23)26-20(28)4-3-5-22(30)31-13-21(29)25-17-10-8-16(9-11-17)24-15(2)27/h6-12H,3-5,13H2,1-2H3,(H,24,27)(H,25,29)(H,26,28). The molecule has 0 heterocycles. The maximum Gasteiger partial charge on any atom is 0.306 e. The Labute approximate surface area is 185 Å². The number of anilines is 3. The summed E-state index contributed by atoms with van der Waals surface area (Å²) in [6.07, 6.45) is 0.435. The van der Waals surface area contributed by atoms with Crippen molar-refractivity contribution in [2.75, 3.05) is 22.6 Å². The Morgan fingerprint density at radius 3 is 2.03 bits per heavy atom. The van der Waals surface area contributed by atoms with Gasteiger partial charge in [0.1, 0.15) is 0 Å². The van der Waals surface area contributed by atoms with E-state index in [9.17, 15) is 19.2 Å². The van der Waals surface area contributed by atoms with Gasteiger partial charge < -0.3 is 20.7 Å². The highest BCUT2D eigenvalue weighted by Crippen LogP contribution is 2.20. The van der Waals surface area contributed by atoms with E-state index < -0.39 is 18.5 Å². The van der Waals surface area contributed by atoms with Crippen molar-refractivity contribution in [2.45, 2.75) is 33.1 Å². The lowest BCUT2D eigenvalue weighted by atomic mass is 10.2. The first kappa shape index (κ1) is 23.9. The Hall–Kier alpha value is -3.39. The zero-order valence-corrected chi connectivity index (χ0v) is 18.0. The number of aryl methyl sites for hydroxylation is 1. The average Bonchev–Trinajstić information content (AvgIpc) is 2.70. The number of amides is 3. The molecular formula is C22H24ClN3O5. The van der Waals surface area contributed by atoms with Gasteiger partial charge in [-0.15, -0.1) is 0 Å². The molecule has 3 amide bonds. The molecule has 8 nitrogen and oxygen atoms in total. The van der Waals surface area contributed by atoms with Crippen LogP contribution in [0.5, 0.6) is 0 Å². The topological polar surface area (TPSA) is 114 Å². The first-order valence-electron chi connectivity index (χ1n) is 9.62. The third-order valence-corrected chi connectivity index (χ3v) is 4.50. The van der Waals surface area contributed by atoms with Gasteiger partial charge >= 0.3 is 5.97 Å². The minimum absolute atomic E-state index is 0.0146. The van der Waals surface area contributed by atoms with Crippen LogP contribution >= 0.6 is 11.6 Å². The zero-order valence-electron chi connectivity index (χ0n) is 17.3. The molecule has 0 saturated carbocycles. The van der Waals surface area contributed by atoms with Crippen molar-refractivity contribution in [3.8, 4) is 0 Å². The van der Waals surface area contributed by atoms with Gasteiger partial charge in [-0.2, -0.15) is 0 Å². The smallest absolute Gasteiger partial charge is 0.306 e. The van der Waals surface area contributed by atoms with E-state index in [4.69, 9.17) is 16.3 Å². The molecule has 0 saturated heterocycles. The Balaban J connectivity index is 1.64. The Kier molecular flexibility index (Phi) is 9.02. The van der Waals surface area contributed by atoms with E-state index in [-0.39, 0.29) is 31.1 Å². The number of esters is 1. The van der Waals surface area contributed by atoms with Gasteiger partial charge in [0.05, 0.1) is 0 Å². The van der Waals surface area contributed by atoms with Crippen molar-refractivity contribution in [3.63, 3.8) is 0 Å². The lowest BCUT2D eigenvalue weighted by Gasteiger charge is -2.08. The first-order valence-corrected chi connectivity index (χ1v) is 10.00. The van der Waals surface area contributed by atoms with Gasteiger partial charge in [-0.25, -0.2) is 0 Å². The molecule has 0 atom stereocenters. The van der Waals surface area contributed by atoms with E-state index in [1.165, 1.54) is 6.92 Å². The minimum Gasteiger partial charge on any atom is -0.456 e. The molecule has 2 rings (SSSR count). The third kappa shape index (κ3) is 8.88. The fraction of sp³-hybridized carbons (Fsp3) is 0.273. The van der Waals surface area contributed by atoms with E-state index in [0.29, 0.717) is 22.1 Å². The molecule has 31 heavy (non-hydrogen) atoms. The predicted molar refractivity (Wildman–Crippen MR) is 119 cm³/mol. The van der Waals surface area contributed by atoms with E-state index in [1.54, 1.807) is 42.5 Å². The van der Waals surface area contributed by atoms with Crippen LogP contribution in [0.2, 0.25) is 5.02 Å². The lowest BCUT2D eigenvalue weighted by Crippen LogP contribution is -2.21. The fourth-order valence-corrected chi connectivity index (χ4v) is 2.72. The van der Waals surface area contributed by atoms with Crippen LogP contribution in [-0.4, -0.2) is 30.3 Å². The predicted octanol–water partition coefficient (Wildman–Crippen LogP) is 3.90. The maximum atomic E-state index is 11.9. The second-order valence-corrected chi connectivity index (χ2v) is 7.24. The molecule has 0 unspecified atom stereocenters. The summed E-state index contributed by atoms with van der Waals surface area (Å²) >= 11 is 6.02. The highest BCUT2D eigenvalue weighted by Gasteiger charge is 2.10. The minimum atomic E-state index is -0.567. The molecule has 0 aliphatic carbocycles. The van der Waals surface area contributed by atoms with Crippen LogP contribution in [0.25, 0.3) is 0 Å². The maximum absolute atomic E-state index is 11.9. The molecule has 2 aromatic carbocycles. The SMILES string of the molecule is CC(=O)Nc1ccc(NC(=O)COC(=O)CCCC(=O)Nc2ccc(C)c(Cl)c2)cc1. The number of ether oxygens (including phenoxy) is 1. The summed E-state index contributed by atoms with van der Waals surface area (Å²) in [5.41, 5.74) is 2.60. The summed E-state index contributed by atoms with van der Waals surface area (Å²) in [6.45, 7) is 2.83. The van der Waals surface area contributed by atoms with Crippen molar-refractivity contribution in [1.82, 2.24) is 0 Å². The van der Waals surface area contributed by atoms with Crippen molar-refractivity contribution in [3.05, 3.63) is 53.1 Å². The third-order valence-electron chi connectivity index (χ3n) is 4.09. The number of hydrogen-bond donors (Lipinski definition) is 3. The summed E-state index contributed by atoms with van der Waals surface area (Å²) < 4.78 is 4.92. The Bertz CT molecular complexity index is 960. The van der Waals surface area contributed by atoms with Crippen LogP contribution in [0.3, 0.4) is 0 Å². The van der Waals surface area contributed by atoms with Crippen LogP contribution in [0.4, 0.5) is 17.1 Å². The molecule has 0 spiro atoms. The van der Waals surface area contributed by atoms with Crippen LogP contribution < -0.4 is 16.0 Å². The molecule has 164 valence electrons. The molecule has 9 heteroatoms. The molecule has 0 aliphatic heterocycles. The van der Waals surface area contributed by atoms with Crippen LogP contribution in [0.1, 0.15) is 31.7 Å². The summed E-state index contributed by atoms with van der Waals surface area (Å²) in [5, 5.41) is 8.47. The highest BCUT2D eigenvalue weighted by atomic mass is 35.5. The highest BCUT2D eigenvalue weighted by molar-refractivity contribution is 6.31. The summed E-state index contributed by atoms with van der Waals surface area (Å²) in [5.74, 6) is -1.49. The molecule has 0 bridgehead atoms. The monoisotopic (exact) mass is 445 g/mol. The Morgan fingerprint density at radius 1 is 0.839 bits per heavy atom. The van der Waals surface area contributed by atoms with Crippen molar-refractivity contribution in [1.29, 1.82) is 0 Å². The normalized spacial score (nSPS) is 10.2. The number of nitrogens with one attached hydrogen (secondary N) is 3. The van der Waals surface area contributed by atoms with Crippen molar-refractivity contribution in [2.24, 2.45) is 0 Å². The second kappa shape index (κ2) is 11.7. The molecule has 0 aromatic heterocycles. The number of rotatable bonds is 9. The van der Waals surface area contributed by atoms with E-state index in [2.05, 4.69) is 16.0 Å². The molecule has 0 fully saturated rings.